The summed E-state index contributed by atoms with van der Waals surface area (Å²) in [4.78, 5) is 16.0. The molecule has 8 heteroatoms. The molecule has 1 saturated heterocycles. The first kappa shape index (κ1) is 21.0. The fraction of sp³-hybridized carbons (Fsp3) is 0.938. The number of nitrogens with zero attached hydrogens (tertiary/aromatic N) is 2. The van der Waals surface area contributed by atoms with E-state index in [1.807, 2.05) is 0 Å². The van der Waals surface area contributed by atoms with E-state index in [1.54, 1.807) is 4.90 Å². The molecule has 1 rings (SSSR count). The van der Waals surface area contributed by atoms with Crippen LogP contribution in [-0.4, -0.2) is 74.5 Å². The number of unbranched alkanes of at least 4 members (excludes halogenated alkanes) is 3. The smallest absolute Gasteiger partial charge is 0.372 e. The zero-order chi connectivity index (χ0) is 17.8. The molecule has 1 aliphatic heterocycles. The molecule has 5 nitrogen and oxygen atoms in total. The monoisotopic (exact) mass is 353 g/mol. The molecule has 1 fully saturated rings. The van der Waals surface area contributed by atoms with Crippen LogP contribution in [0.3, 0.4) is 0 Å². The van der Waals surface area contributed by atoms with Crippen LogP contribution in [-0.2, 0) is 4.74 Å². The molecule has 0 aromatic rings. The molecule has 0 atom stereocenters. The Labute approximate surface area is 142 Å². The van der Waals surface area contributed by atoms with E-state index in [1.165, 1.54) is 12.8 Å². The Balaban J connectivity index is 2.03. The summed E-state index contributed by atoms with van der Waals surface area (Å²) in [5.74, 6) is 0. The first-order valence-corrected chi connectivity index (χ1v) is 8.82. The summed E-state index contributed by atoms with van der Waals surface area (Å²) in [5, 5.41) is 2.94. The van der Waals surface area contributed by atoms with Crippen LogP contribution in [0.2, 0.25) is 0 Å². The summed E-state index contributed by atoms with van der Waals surface area (Å²) in [6.45, 7) is 5.32. The lowest BCUT2D eigenvalue weighted by Gasteiger charge is -2.34. The highest BCUT2D eigenvalue weighted by molar-refractivity contribution is 5.74. The number of hydrogen-bond acceptors (Lipinski definition) is 3. The average Bonchev–Trinajstić information content (AvgIpc) is 2.53. The molecule has 0 aromatic heterocycles. The van der Waals surface area contributed by atoms with Crippen molar-refractivity contribution in [2.75, 3.05) is 52.5 Å². The Morgan fingerprint density at radius 1 is 1.08 bits per heavy atom. The van der Waals surface area contributed by atoms with Crippen molar-refractivity contribution in [3.8, 4) is 0 Å². The van der Waals surface area contributed by atoms with Gasteiger partial charge in [0, 0.05) is 45.9 Å². The molecule has 1 N–H and O–H groups in total. The van der Waals surface area contributed by atoms with Crippen molar-refractivity contribution in [3.63, 3.8) is 0 Å². The Morgan fingerprint density at radius 2 is 1.79 bits per heavy atom. The first-order chi connectivity index (χ1) is 11.4. The zero-order valence-corrected chi connectivity index (χ0v) is 14.5. The highest BCUT2D eigenvalue weighted by Crippen LogP contribution is 2.14. The molecule has 1 heterocycles. The Morgan fingerprint density at radius 3 is 2.42 bits per heavy atom. The van der Waals surface area contributed by atoms with E-state index in [0.717, 1.165) is 32.5 Å². The largest absolute Gasteiger partial charge is 0.411 e. The number of piperazine rings is 1. The van der Waals surface area contributed by atoms with Crippen molar-refractivity contribution in [2.24, 2.45) is 0 Å². The van der Waals surface area contributed by atoms with Gasteiger partial charge in [-0.15, -0.1) is 0 Å². The van der Waals surface area contributed by atoms with Gasteiger partial charge in [0.05, 0.1) is 0 Å². The predicted octanol–water partition coefficient (Wildman–Crippen LogP) is 2.86. The van der Waals surface area contributed by atoms with Gasteiger partial charge in [-0.2, -0.15) is 13.2 Å². The Bertz CT molecular complexity index is 346. The molecule has 142 valence electrons. The Hall–Kier alpha value is -1.02. The molecule has 0 saturated carbocycles. The van der Waals surface area contributed by atoms with Crippen molar-refractivity contribution >= 4 is 6.03 Å². The van der Waals surface area contributed by atoms with Crippen LogP contribution in [0.5, 0.6) is 0 Å². The average molecular weight is 353 g/mol. The van der Waals surface area contributed by atoms with Crippen LogP contribution in [0.25, 0.3) is 0 Å². The summed E-state index contributed by atoms with van der Waals surface area (Å²) in [6.07, 6.45) is 0.839. The van der Waals surface area contributed by atoms with Crippen molar-refractivity contribution in [3.05, 3.63) is 0 Å². The minimum Gasteiger partial charge on any atom is -0.372 e. The Kier molecular flexibility index (Phi) is 10.1. The fourth-order valence-corrected chi connectivity index (χ4v) is 2.61. The summed E-state index contributed by atoms with van der Waals surface area (Å²) >= 11 is 0. The van der Waals surface area contributed by atoms with Crippen molar-refractivity contribution in [1.82, 2.24) is 15.1 Å². The lowest BCUT2D eigenvalue weighted by molar-refractivity contribution is -0.174. The van der Waals surface area contributed by atoms with E-state index in [-0.39, 0.29) is 12.6 Å². The van der Waals surface area contributed by atoms with Gasteiger partial charge in [-0.1, -0.05) is 26.2 Å². The molecule has 0 bridgehead atoms. The second-order valence-electron chi connectivity index (χ2n) is 6.14. The highest BCUT2D eigenvalue weighted by atomic mass is 19.4. The number of nitrogens with one attached hydrogen (secondary N) is 1. The molecule has 0 aromatic carbocycles. The molecule has 2 amide bonds. The highest BCUT2D eigenvalue weighted by Gasteiger charge is 2.27. The lowest BCUT2D eigenvalue weighted by atomic mass is 10.2. The number of amides is 2. The second-order valence-corrected chi connectivity index (χ2v) is 6.14. The third-order valence-electron chi connectivity index (χ3n) is 3.99. The van der Waals surface area contributed by atoms with Crippen molar-refractivity contribution in [2.45, 2.75) is 45.2 Å². The van der Waals surface area contributed by atoms with Crippen LogP contribution in [0, 0.1) is 0 Å². The number of ether oxygens (including phenoxy) is 1. The standard InChI is InChI=1S/C16H30F3N3O2/c1-2-3-4-5-7-20-15(23)22-11-9-21(10-12-22)8-6-13-24-14-16(17,18)19/h2-14H2,1H3,(H,20,23). The summed E-state index contributed by atoms with van der Waals surface area (Å²) < 4.78 is 40.4. The van der Waals surface area contributed by atoms with Gasteiger partial charge >= 0.3 is 12.2 Å². The van der Waals surface area contributed by atoms with Crippen LogP contribution in [0.4, 0.5) is 18.0 Å². The lowest BCUT2D eigenvalue weighted by Crippen LogP contribution is -2.52. The summed E-state index contributed by atoms with van der Waals surface area (Å²) in [5.41, 5.74) is 0. The van der Waals surface area contributed by atoms with Gasteiger partial charge in [-0.05, 0) is 12.8 Å². The van der Waals surface area contributed by atoms with Crippen LogP contribution >= 0.6 is 0 Å². The second kappa shape index (κ2) is 11.5. The van der Waals surface area contributed by atoms with E-state index < -0.39 is 12.8 Å². The molecule has 24 heavy (non-hydrogen) atoms. The summed E-state index contributed by atoms with van der Waals surface area (Å²) in [7, 11) is 0. The minimum atomic E-state index is -4.25. The fourth-order valence-electron chi connectivity index (χ4n) is 2.61. The van der Waals surface area contributed by atoms with E-state index >= 15 is 0 Å². The van der Waals surface area contributed by atoms with E-state index in [2.05, 4.69) is 21.9 Å². The van der Waals surface area contributed by atoms with Crippen LogP contribution in [0.15, 0.2) is 0 Å². The number of carbonyl (C=O) groups is 1. The third-order valence-corrected chi connectivity index (χ3v) is 3.99. The normalized spacial score (nSPS) is 16.4. The van der Waals surface area contributed by atoms with E-state index in [0.29, 0.717) is 26.1 Å². The number of urea groups is 1. The zero-order valence-electron chi connectivity index (χ0n) is 14.5. The van der Waals surface area contributed by atoms with Crippen LogP contribution in [0.1, 0.15) is 39.0 Å². The van der Waals surface area contributed by atoms with Gasteiger partial charge < -0.3 is 15.0 Å². The van der Waals surface area contributed by atoms with Gasteiger partial charge in [-0.3, -0.25) is 4.90 Å². The SMILES string of the molecule is CCCCCCNC(=O)N1CCN(CCCOCC(F)(F)F)CC1. The quantitative estimate of drug-likeness (QED) is 0.614. The van der Waals surface area contributed by atoms with Crippen molar-refractivity contribution < 1.29 is 22.7 Å². The van der Waals surface area contributed by atoms with Gasteiger partial charge in [-0.25, -0.2) is 4.79 Å². The number of hydrogen-bond donors (Lipinski definition) is 1. The topological polar surface area (TPSA) is 44.8 Å². The molecule has 1 aliphatic rings. The molecular formula is C16H30F3N3O2. The number of carbonyl (C=O) groups excluding carboxylic acids is 1. The third kappa shape index (κ3) is 9.97. The van der Waals surface area contributed by atoms with E-state index in [4.69, 9.17) is 0 Å². The van der Waals surface area contributed by atoms with Gasteiger partial charge in [0.25, 0.3) is 0 Å². The number of rotatable bonds is 10. The molecule has 0 spiro atoms. The number of alkyl halides is 3. The molecule has 0 aliphatic carbocycles. The van der Waals surface area contributed by atoms with Gasteiger partial charge in [0.1, 0.15) is 6.61 Å². The molecule has 0 unspecified atom stereocenters. The van der Waals surface area contributed by atoms with Crippen LogP contribution < -0.4 is 5.32 Å². The molecular weight excluding hydrogens is 323 g/mol. The maximum Gasteiger partial charge on any atom is 0.411 e. The maximum absolute atomic E-state index is 12.0. The first-order valence-electron chi connectivity index (χ1n) is 8.82. The van der Waals surface area contributed by atoms with Gasteiger partial charge in [0.2, 0.25) is 0 Å². The van der Waals surface area contributed by atoms with Gasteiger partial charge in [0.15, 0.2) is 0 Å². The predicted molar refractivity (Wildman–Crippen MR) is 87.0 cm³/mol. The maximum atomic E-state index is 12.0. The van der Waals surface area contributed by atoms with E-state index in [9.17, 15) is 18.0 Å². The number of halogens is 3. The summed E-state index contributed by atoms with van der Waals surface area (Å²) in [6, 6.07) is -0.0142. The minimum absolute atomic E-state index is 0.0142. The van der Waals surface area contributed by atoms with Crippen molar-refractivity contribution in [1.29, 1.82) is 0 Å². The molecule has 0 radical (unpaired) electrons.